The lowest BCUT2D eigenvalue weighted by Gasteiger charge is -2.32. The molecule has 0 saturated carbocycles. The van der Waals surface area contributed by atoms with Crippen LogP contribution in [0, 0.1) is 0 Å². The van der Waals surface area contributed by atoms with Crippen LogP contribution in [0.15, 0.2) is 4.99 Å². The Bertz CT molecular complexity index is 311. The molecule has 1 fully saturated rings. The second-order valence-corrected chi connectivity index (χ2v) is 6.07. The van der Waals surface area contributed by atoms with E-state index in [1.807, 2.05) is 7.05 Å². The van der Waals surface area contributed by atoms with E-state index in [0.717, 1.165) is 32.0 Å². The number of hydrogen-bond acceptors (Lipinski definition) is 4. The van der Waals surface area contributed by atoms with Crippen LogP contribution in [0.1, 0.15) is 39.0 Å². The molecule has 7 heteroatoms. The molecular formula is C17H37IN4O2. The van der Waals surface area contributed by atoms with Gasteiger partial charge >= 0.3 is 0 Å². The molecule has 1 rings (SSSR count). The van der Waals surface area contributed by atoms with Gasteiger partial charge in [0.1, 0.15) is 0 Å². The van der Waals surface area contributed by atoms with E-state index in [-0.39, 0.29) is 24.0 Å². The highest BCUT2D eigenvalue weighted by molar-refractivity contribution is 14.0. The highest BCUT2D eigenvalue weighted by Crippen LogP contribution is 2.10. The number of unbranched alkanes of at least 4 members (excludes halogenated alkanes) is 1. The number of rotatable bonds is 11. The largest absolute Gasteiger partial charge is 0.382 e. The van der Waals surface area contributed by atoms with Crippen molar-refractivity contribution in [2.75, 3.05) is 60.2 Å². The topological polar surface area (TPSA) is 58.1 Å². The number of halogens is 1. The Morgan fingerprint density at radius 1 is 1.17 bits per heavy atom. The molecule has 2 N–H and O–H groups in total. The van der Waals surface area contributed by atoms with Crippen LogP contribution in [0.5, 0.6) is 0 Å². The number of aliphatic imine (C=N–C) groups is 1. The zero-order valence-electron chi connectivity index (χ0n) is 15.7. The van der Waals surface area contributed by atoms with Crippen molar-refractivity contribution in [1.29, 1.82) is 0 Å². The Labute approximate surface area is 165 Å². The molecule has 0 spiro atoms. The third-order valence-corrected chi connectivity index (χ3v) is 4.13. The van der Waals surface area contributed by atoms with Crippen molar-refractivity contribution in [3.05, 3.63) is 0 Å². The summed E-state index contributed by atoms with van der Waals surface area (Å²) in [4.78, 5) is 6.88. The first-order valence-electron chi connectivity index (χ1n) is 9.06. The molecule has 6 nitrogen and oxygen atoms in total. The lowest BCUT2D eigenvalue weighted by molar-refractivity contribution is 0.0689. The normalized spacial score (nSPS) is 16.7. The van der Waals surface area contributed by atoms with Crippen LogP contribution < -0.4 is 10.6 Å². The van der Waals surface area contributed by atoms with E-state index in [1.54, 1.807) is 7.11 Å². The Morgan fingerprint density at radius 2 is 1.92 bits per heavy atom. The number of methoxy groups -OCH3 is 1. The standard InChI is InChI=1S/C17H36N4O2.HI/c1-4-10-21-11-7-16(8-12-21)20-17(18-2)19-9-5-6-13-23-15-14-22-3;/h16H,4-15H2,1-3H3,(H2,18,19,20);1H. The zero-order chi connectivity index (χ0) is 16.8. The molecule has 0 aromatic carbocycles. The molecule has 144 valence electrons. The second kappa shape index (κ2) is 16.4. The Balaban J connectivity index is 0.00000529. The van der Waals surface area contributed by atoms with E-state index in [1.165, 1.54) is 38.9 Å². The van der Waals surface area contributed by atoms with E-state index in [2.05, 4.69) is 27.4 Å². The first kappa shape index (κ1) is 23.9. The van der Waals surface area contributed by atoms with Gasteiger partial charge in [0.15, 0.2) is 5.96 Å². The minimum absolute atomic E-state index is 0. The van der Waals surface area contributed by atoms with Crippen molar-refractivity contribution in [3.63, 3.8) is 0 Å². The Kier molecular flexibility index (Phi) is 16.3. The maximum Gasteiger partial charge on any atom is 0.191 e. The molecule has 0 aromatic heterocycles. The number of guanidine groups is 1. The summed E-state index contributed by atoms with van der Waals surface area (Å²) in [6, 6.07) is 0.548. The van der Waals surface area contributed by atoms with Crippen LogP contribution in [0.3, 0.4) is 0 Å². The summed E-state index contributed by atoms with van der Waals surface area (Å²) in [5.41, 5.74) is 0. The predicted octanol–water partition coefficient (Wildman–Crippen LogP) is 2.09. The molecule has 0 radical (unpaired) electrons. The zero-order valence-corrected chi connectivity index (χ0v) is 18.0. The summed E-state index contributed by atoms with van der Waals surface area (Å²) in [7, 11) is 3.54. The fraction of sp³-hybridized carbons (Fsp3) is 0.941. The van der Waals surface area contributed by atoms with E-state index >= 15 is 0 Å². The molecule has 24 heavy (non-hydrogen) atoms. The highest BCUT2D eigenvalue weighted by atomic mass is 127. The first-order valence-corrected chi connectivity index (χ1v) is 9.06. The van der Waals surface area contributed by atoms with Gasteiger partial charge in [0.05, 0.1) is 13.2 Å². The van der Waals surface area contributed by atoms with Gasteiger partial charge in [0, 0.05) is 46.4 Å². The van der Waals surface area contributed by atoms with Gasteiger partial charge in [-0.2, -0.15) is 0 Å². The number of hydrogen-bond donors (Lipinski definition) is 2. The fourth-order valence-corrected chi connectivity index (χ4v) is 2.79. The Hall–Kier alpha value is -0.120. The van der Waals surface area contributed by atoms with Crippen molar-refractivity contribution < 1.29 is 9.47 Å². The summed E-state index contributed by atoms with van der Waals surface area (Å²) < 4.78 is 10.4. The number of likely N-dealkylation sites (tertiary alicyclic amines) is 1. The lowest BCUT2D eigenvalue weighted by atomic mass is 10.1. The predicted molar refractivity (Wildman–Crippen MR) is 112 cm³/mol. The number of nitrogens with zero attached hydrogens (tertiary/aromatic N) is 2. The van der Waals surface area contributed by atoms with Gasteiger partial charge in [0.25, 0.3) is 0 Å². The van der Waals surface area contributed by atoms with Crippen LogP contribution >= 0.6 is 24.0 Å². The summed E-state index contributed by atoms with van der Waals surface area (Å²) in [5, 5.41) is 6.95. The maximum absolute atomic E-state index is 5.46. The van der Waals surface area contributed by atoms with Crippen molar-refractivity contribution in [2.45, 2.75) is 45.1 Å². The van der Waals surface area contributed by atoms with E-state index in [4.69, 9.17) is 9.47 Å². The van der Waals surface area contributed by atoms with Gasteiger partial charge in [0.2, 0.25) is 0 Å². The highest BCUT2D eigenvalue weighted by Gasteiger charge is 2.18. The molecule has 1 heterocycles. The van der Waals surface area contributed by atoms with E-state index in [0.29, 0.717) is 19.3 Å². The van der Waals surface area contributed by atoms with E-state index < -0.39 is 0 Å². The molecular weight excluding hydrogens is 419 g/mol. The maximum atomic E-state index is 5.46. The van der Waals surface area contributed by atoms with Gasteiger partial charge in [-0.1, -0.05) is 6.92 Å². The van der Waals surface area contributed by atoms with Crippen molar-refractivity contribution in [2.24, 2.45) is 4.99 Å². The van der Waals surface area contributed by atoms with Crippen molar-refractivity contribution in [1.82, 2.24) is 15.5 Å². The smallest absolute Gasteiger partial charge is 0.191 e. The number of piperidine rings is 1. The molecule has 0 atom stereocenters. The molecule has 0 aromatic rings. The second-order valence-electron chi connectivity index (χ2n) is 6.07. The van der Waals surface area contributed by atoms with Crippen molar-refractivity contribution >= 4 is 29.9 Å². The quantitative estimate of drug-likeness (QED) is 0.216. The van der Waals surface area contributed by atoms with Gasteiger partial charge < -0.3 is 25.0 Å². The molecule has 1 saturated heterocycles. The minimum Gasteiger partial charge on any atom is -0.382 e. The monoisotopic (exact) mass is 456 g/mol. The average molecular weight is 456 g/mol. The number of ether oxygens (including phenoxy) is 2. The van der Waals surface area contributed by atoms with Gasteiger partial charge in [-0.15, -0.1) is 24.0 Å². The van der Waals surface area contributed by atoms with E-state index in [9.17, 15) is 0 Å². The number of nitrogens with one attached hydrogen (secondary N) is 2. The van der Waals surface area contributed by atoms with Crippen LogP contribution in [-0.4, -0.2) is 77.1 Å². The van der Waals surface area contributed by atoms with Crippen molar-refractivity contribution in [3.8, 4) is 0 Å². The van der Waals surface area contributed by atoms with Crippen LogP contribution in [0.2, 0.25) is 0 Å². The molecule has 0 amide bonds. The molecule has 0 unspecified atom stereocenters. The molecule has 1 aliphatic rings. The van der Waals surface area contributed by atoms with Gasteiger partial charge in [-0.3, -0.25) is 4.99 Å². The first-order chi connectivity index (χ1) is 11.3. The SMILES string of the molecule is CCCN1CCC(NC(=NC)NCCCCOCCOC)CC1.I. The summed E-state index contributed by atoms with van der Waals surface area (Å²) >= 11 is 0. The average Bonchev–Trinajstić information content (AvgIpc) is 2.58. The molecule has 0 aliphatic carbocycles. The minimum atomic E-state index is 0. The summed E-state index contributed by atoms with van der Waals surface area (Å²) in [6.45, 7) is 8.96. The van der Waals surface area contributed by atoms with Crippen LogP contribution in [0.4, 0.5) is 0 Å². The Morgan fingerprint density at radius 3 is 2.54 bits per heavy atom. The van der Waals surface area contributed by atoms with Gasteiger partial charge in [-0.05, 0) is 38.6 Å². The summed E-state index contributed by atoms with van der Waals surface area (Å²) in [5.74, 6) is 0.930. The fourth-order valence-electron chi connectivity index (χ4n) is 2.79. The van der Waals surface area contributed by atoms with Crippen LogP contribution in [0.25, 0.3) is 0 Å². The van der Waals surface area contributed by atoms with Gasteiger partial charge in [-0.25, -0.2) is 0 Å². The summed E-state index contributed by atoms with van der Waals surface area (Å²) in [6.07, 6.45) is 5.80. The molecule has 1 aliphatic heterocycles. The van der Waals surface area contributed by atoms with Crippen LogP contribution in [-0.2, 0) is 9.47 Å². The lowest BCUT2D eigenvalue weighted by Crippen LogP contribution is -2.48. The third kappa shape index (κ3) is 11.4. The molecule has 0 bridgehead atoms. The third-order valence-electron chi connectivity index (χ3n) is 4.13.